The molecule has 96 valence electrons. The first-order chi connectivity index (χ1) is 8.75. The summed E-state index contributed by atoms with van der Waals surface area (Å²) in [5.74, 6) is 0.668. The number of carbonyl (C=O) groups excluding carboxylic acids is 1. The Morgan fingerprint density at radius 1 is 1.28 bits per heavy atom. The van der Waals surface area contributed by atoms with Crippen LogP contribution in [0.15, 0.2) is 12.1 Å². The zero-order chi connectivity index (χ0) is 12.5. The van der Waals surface area contributed by atoms with Gasteiger partial charge in [-0.3, -0.25) is 4.79 Å². The number of Topliss-reactive ketones (excluding diaryl/α,β-unsaturated/α-hetero) is 1. The topological polar surface area (TPSA) is 38.3 Å². The quantitative estimate of drug-likeness (QED) is 0.887. The van der Waals surface area contributed by atoms with Gasteiger partial charge < -0.3 is 10.1 Å². The molecule has 3 rings (SSSR count). The predicted octanol–water partition coefficient (Wildman–Crippen LogP) is 3.66. The number of hydrogen-bond acceptors (Lipinski definition) is 3. The lowest BCUT2D eigenvalue weighted by Gasteiger charge is -2.21. The number of fused-ring (bicyclic) bond motifs is 1. The Kier molecular flexibility index (Phi) is 3.16. The van der Waals surface area contributed by atoms with Gasteiger partial charge in [0.1, 0.15) is 5.02 Å². The highest BCUT2D eigenvalue weighted by molar-refractivity contribution is 6.35. The van der Waals surface area contributed by atoms with Gasteiger partial charge in [0, 0.05) is 12.5 Å². The van der Waals surface area contributed by atoms with Crippen molar-refractivity contribution in [2.24, 2.45) is 0 Å². The molecule has 0 aromatic heterocycles. The minimum Gasteiger partial charge on any atom is -0.491 e. The third-order valence-electron chi connectivity index (χ3n) is 3.69. The number of nitrogens with one attached hydrogen (secondary N) is 1. The Bertz CT molecular complexity index is 481. The van der Waals surface area contributed by atoms with E-state index in [0.29, 0.717) is 35.4 Å². The Morgan fingerprint density at radius 3 is 2.83 bits per heavy atom. The van der Waals surface area contributed by atoms with Gasteiger partial charge in [-0.1, -0.05) is 24.4 Å². The Morgan fingerprint density at radius 2 is 2.06 bits per heavy atom. The number of ketones is 1. The van der Waals surface area contributed by atoms with Crippen LogP contribution in [0.2, 0.25) is 5.02 Å². The second-order valence-corrected chi connectivity index (χ2v) is 5.33. The first-order valence-electron chi connectivity index (χ1n) is 6.51. The molecule has 2 aliphatic rings. The average Bonchev–Trinajstić information content (AvgIpc) is 2.86. The smallest absolute Gasteiger partial charge is 0.170 e. The van der Waals surface area contributed by atoms with Gasteiger partial charge in [0.15, 0.2) is 11.5 Å². The molecule has 1 aromatic carbocycles. The van der Waals surface area contributed by atoms with Crippen LogP contribution in [0, 0.1) is 0 Å². The van der Waals surface area contributed by atoms with Crippen molar-refractivity contribution in [3.63, 3.8) is 0 Å². The van der Waals surface area contributed by atoms with Crippen LogP contribution in [0.4, 0.5) is 5.69 Å². The molecule has 18 heavy (non-hydrogen) atoms. The molecule has 1 saturated carbocycles. The molecule has 1 heterocycles. The summed E-state index contributed by atoms with van der Waals surface area (Å²) in [5, 5.41) is 4.00. The van der Waals surface area contributed by atoms with E-state index in [1.165, 1.54) is 25.7 Å². The summed E-state index contributed by atoms with van der Waals surface area (Å²) >= 11 is 6.33. The number of anilines is 1. The molecule has 0 saturated heterocycles. The zero-order valence-corrected chi connectivity index (χ0v) is 10.9. The zero-order valence-electron chi connectivity index (χ0n) is 10.2. The third-order valence-corrected chi connectivity index (χ3v) is 4.06. The van der Waals surface area contributed by atoms with Crippen molar-refractivity contribution >= 4 is 23.1 Å². The fraction of sp³-hybridized carbons (Fsp3) is 0.500. The van der Waals surface area contributed by atoms with Crippen molar-refractivity contribution in [3.8, 4) is 5.75 Å². The molecule has 0 unspecified atom stereocenters. The van der Waals surface area contributed by atoms with Crippen LogP contribution in [-0.4, -0.2) is 18.4 Å². The monoisotopic (exact) mass is 265 g/mol. The fourth-order valence-corrected chi connectivity index (χ4v) is 2.97. The molecule has 4 heteroatoms. The standard InChI is InChI=1S/C14H16ClNO2/c15-13-11(16-9-3-1-2-4-9)6-5-10-12(17)7-8-18-14(10)13/h5-6,9,16H,1-4,7-8H2. The highest BCUT2D eigenvalue weighted by atomic mass is 35.5. The summed E-state index contributed by atoms with van der Waals surface area (Å²) in [6.45, 7) is 0.429. The highest BCUT2D eigenvalue weighted by Crippen LogP contribution is 2.39. The lowest BCUT2D eigenvalue weighted by molar-refractivity contribution is 0.0933. The molecule has 0 radical (unpaired) electrons. The van der Waals surface area contributed by atoms with Gasteiger partial charge >= 0.3 is 0 Å². The van der Waals surface area contributed by atoms with Gasteiger partial charge in [-0.25, -0.2) is 0 Å². The van der Waals surface area contributed by atoms with E-state index in [1.54, 1.807) is 0 Å². The third kappa shape index (κ3) is 2.07. The minimum atomic E-state index is 0.116. The van der Waals surface area contributed by atoms with Gasteiger partial charge in [0.2, 0.25) is 0 Å². The summed E-state index contributed by atoms with van der Waals surface area (Å²) in [5.41, 5.74) is 1.50. The second kappa shape index (κ2) is 4.81. The van der Waals surface area contributed by atoms with Crippen LogP contribution in [0.1, 0.15) is 42.5 Å². The number of carbonyl (C=O) groups is 1. The molecule has 1 N–H and O–H groups in total. The van der Waals surface area contributed by atoms with Crippen LogP contribution >= 0.6 is 11.6 Å². The molecule has 1 fully saturated rings. The van der Waals surface area contributed by atoms with Crippen molar-refractivity contribution in [1.82, 2.24) is 0 Å². The van der Waals surface area contributed by atoms with E-state index in [4.69, 9.17) is 16.3 Å². The van der Waals surface area contributed by atoms with Crippen molar-refractivity contribution in [3.05, 3.63) is 22.7 Å². The maximum Gasteiger partial charge on any atom is 0.170 e. The van der Waals surface area contributed by atoms with Gasteiger partial charge in [-0.15, -0.1) is 0 Å². The molecule has 1 aliphatic carbocycles. The van der Waals surface area contributed by atoms with Crippen LogP contribution < -0.4 is 10.1 Å². The van der Waals surface area contributed by atoms with Crippen LogP contribution in [-0.2, 0) is 0 Å². The van der Waals surface area contributed by atoms with Crippen LogP contribution in [0.5, 0.6) is 5.75 Å². The molecular formula is C14H16ClNO2. The van der Waals surface area contributed by atoms with Gasteiger partial charge in [-0.2, -0.15) is 0 Å². The summed E-state index contributed by atoms with van der Waals surface area (Å²) < 4.78 is 5.54. The number of benzene rings is 1. The first-order valence-corrected chi connectivity index (χ1v) is 6.88. The van der Waals surface area contributed by atoms with Crippen molar-refractivity contribution < 1.29 is 9.53 Å². The SMILES string of the molecule is O=C1CCOc2c1ccc(NC1CCCC1)c2Cl. The molecule has 0 bridgehead atoms. The van der Waals surface area contributed by atoms with Crippen molar-refractivity contribution in [2.75, 3.05) is 11.9 Å². The van der Waals surface area contributed by atoms with E-state index >= 15 is 0 Å². The average molecular weight is 266 g/mol. The molecular weight excluding hydrogens is 250 g/mol. The van der Waals surface area contributed by atoms with E-state index in [9.17, 15) is 4.79 Å². The van der Waals surface area contributed by atoms with Gasteiger partial charge in [0.05, 0.1) is 17.9 Å². The molecule has 0 atom stereocenters. The van der Waals surface area contributed by atoms with E-state index < -0.39 is 0 Å². The predicted molar refractivity (Wildman–Crippen MR) is 71.8 cm³/mol. The van der Waals surface area contributed by atoms with Crippen molar-refractivity contribution in [2.45, 2.75) is 38.1 Å². The Hall–Kier alpha value is -1.22. The summed E-state index contributed by atoms with van der Waals surface area (Å²) in [6.07, 6.45) is 5.36. The van der Waals surface area contributed by atoms with Crippen LogP contribution in [0.25, 0.3) is 0 Å². The number of halogens is 1. The Labute approximate surface area is 111 Å². The summed E-state index contributed by atoms with van der Waals surface area (Å²) in [6, 6.07) is 4.21. The number of ether oxygens (including phenoxy) is 1. The lowest BCUT2D eigenvalue weighted by atomic mass is 10.0. The second-order valence-electron chi connectivity index (χ2n) is 4.95. The van der Waals surface area contributed by atoms with E-state index in [1.807, 2.05) is 12.1 Å². The maximum atomic E-state index is 11.7. The highest BCUT2D eigenvalue weighted by Gasteiger charge is 2.24. The largest absolute Gasteiger partial charge is 0.491 e. The van der Waals surface area contributed by atoms with E-state index in [-0.39, 0.29) is 5.78 Å². The van der Waals surface area contributed by atoms with Crippen LogP contribution in [0.3, 0.4) is 0 Å². The number of hydrogen-bond donors (Lipinski definition) is 1. The van der Waals surface area contributed by atoms with E-state index in [2.05, 4.69) is 5.32 Å². The Balaban J connectivity index is 1.89. The normalized spacial score (nSPS) is 19.5. The maximum absolute atomic E-state index is 11.7. The summed E-state index contributed by atoms with van der Waals surface area (Å²) in [7, 11) is 0. The number of rotatable bonds is 2. The lowest BCUT2D eigenvalue weighted by Crippen LogP contribution is -2.18. The molecule has 1 aliphatic heterocycles. The minimum absolute atomic E-state index is 0.116. The molecule has 3 nitrogen and oxygen atoms in total. The fourth-order valence-electron chi connectivity index (χ4n) is 2.70. The van der Waals surface area contributed by atoms with E-state index in [0.717, 1.165) is 5.69 Å². The van der Waals surface area contributed by atoms with Gasteiger partial charge in [-0.05, 0) is 25.0 Å². The van der Waals surface area contributed by atoms with Gasteiger partial charge in [0.25, 0.3) is 0 Å². The molecule has 1 aromatic rings. The van der Waals surface area contributed by atoms with Crippen molar-refractivity contribution in [1.29, 1.82) is 0 Å². The first kappa shape index (κ1) is 11.8. The summed E-state index contributed by atoms with van der Waals surface area (Å²) in [4.78, 5) is 11.7. The molecule has 0 spiro atoms. The molecule has 0 amide bonds.